The van der Waals surface area contributed by atoms with Crippen molar-refractivity contribution in [2.75, 3.05) is 24.4 Å². The predicted molar refractivity (Wildman–Crippen MR) is 120 cm³/mol. The maximum absolute atomic E-state index is 13.5. The smallest absolute Gasteiger partial charge is 0.282 e. The molecule has 4 rings (SSSR count). The lowest BCUT2D eigenvalue weighted by Gasteiger charge is -2.17. The second-order valence-corrected chi connectivity index (χ2v) is 7.07. The van der Waals surface area contributed by atoms with Gasteiger partial charge in [-0.25, -0.2) is 4.90 Å². The van der Waals surface area contributed by atoms with E-state index in [0.29, 0.717) is 34.0 Å². The number of hydrogen-bond donors (Lipinski definition) is 1. The van der Waals surface area contributed by atoms with E-state index in [4.69, 9.17) is 9.47 Å². The van der Waals surface area contributed by atoms with Gasteiger partial charge in [0.2, 0.25) is 0 Å². The van der Waals surface area contributed by atoms with Crippen LogP contribution in [0, 0.1) is 6.92 Å². The molecule has 0 spiro atoms. The summed E-state index contributed by atoms with van der Waals surface area (Å²) in [6, 6.07) is 21.7. The third-order valence-corrected chi connectivity index (χ3v) is 5.12. The Morgan fingerprint density at radius 2 is 1.39 bits per heavy atom. The number of aryl methyl sites for hydroxylation is 1. The van der Waals surface area contributed by atoms with Gasteiger partial charge in [0.1, 0.15) is 17.2 Å². The summed E-state index contributed by atoms with van der Waals surface area (Å²) >= 11 is 0. The van der Waals surface area contributed by atoms with Crippen molar-refractivity contribution in [3.63, 3.8) is 0 Å². The number of benzene rings is 3. The third kappa shape index (κ3) is 3.75. The van der Waals surface area contributed by atoms with E-state index >= 15 is 0 Å². The Morgan fingerprint density at radius 1 is 0.774 bits per heavy atom. The highest BCUT2D eigenvalue weighted by Crippen LogP contribution is 2.36. The zero-order valence-electron chi connectivity index (χ0n) is 17.5. The zero-order valence-corrected chi connectivity index (χ0v) is 17.5. The quantitative estimate of drug-likeness (QED) is 0.605. The van der Waals surface area contributed by atoms with E-state index in [1.165, 1.54) is 4.90 Å². The van der Waals surface area contributed by atoms with Crippen LogP contribution in [0.5, 0.6) is 11.5 Å². The fraction of sp³-hybridized carbons (Fsp3) is 0.120. The molecule has 0 saturated heterocycles. The molecule has 3 aromatic rings. The van der Waals surface area contributed by atoms with Crippen molar-refractivity contribution >= 4 is 28.8 Å². The molecule has 0 atom stereocenters. The number of ether oxygens (including phenoxy) is 2. The number of para-hydroxylation sites is 1. The van der Waals surface area contributed by atoms with Crippen LogP contribution >= 0.6 is 0 Å². The minimum atomic E-state index is -0.417. The van der Waals surface area contributed by atoms with Crippen LogP contribution in [0.2, 0.25) is 0 Å². The van der Waals surface area contributed by atoms with Crippen LogP contribution in [0.3, 0.4) is 0 Å². The van der Waals surface area contributed by atoms with Crippen LogP contribution in [0.15, 0.2) is 78.5 Å². The van der Waals surface area contributed by atoms with Crippen molar-refractivity contribution in [3.05, 3.63) is 89.6 Å². The Morgan fingerprint density at radius 3 is 2.00 bits per heavy atom. The van der Waals surface area contributed by atoms with Crippen LogP contribution < -0.4 is 19.7 Å². The average molecular weight is 414 g/mol. The van der Waals surface area contributed by atoms with Crippen molar-refractivity contribution in [2.45, 2.75) is 6.92 Å². The highest BCUT2D eigenvalue weighted by atomic mass is 16.5. The number of nitrogens with one attached hydrogen (secondary N) is 1. The predicted octanol–water partition coefficient (Wildman–Crippen LogP) is 4.41. The largest absolute Gasteiger partial charge is 0.497 e. The van der Waals surface area contributed by atoms with Crippen molar-refractivity contribution < 1.29 is 19.1 Å². The van der Waals surface area contributed by atoms with E-state index in [1.54, 1.807) is 38.5 Å². The molecule has 1 N–H and O–H groups in total. The Hall–Kier alpha value is -4.06. The summed E-state index contributed by atoms with van der Waals surface area (Å²) in [6.07, 6.45) is 0. The van der Waals surface area contributed by atoms with Crippen LogP contribution in [-0.2, 0) is 9.59 Å². The van der Waals surface area contributed by atoms with E-state index in [2.05, 4.69) is 5.32 Å². The fourth-order valence-electron chi connectivity index (χ4n) is 3.58. The van der Waals surface area contributed by atoms with Crippen LogP contribution in [0.4, 0.5) is 11.4 Å². The molecule has 0 aliphatic carbocycles. The summed E-state index contributed by atoms with van der Waals surface area (Å²) in [7, 11) is 3.11. The van der Waals surface area contributed by atoms with Crippen molar-refractivity contribution in [2.24, 2.45) is 0 Å². The molecule has 0 saturated carbocycles. The standard InChI is InChI=1S/C25H22N2O4/c1-16-9-7-8-12-21(16)27-24(28)22(17-10-5-4-6-11-17)23(25(27)29)26-18-13-19(30-2)15-20(14-18)31-3/h4-15,26H,1-3H3. The molecule has 1 heterocycles. The summed E-state index contributed by atoms with van der Waals surface area (Å²) < 4.78 is 10.7. The SMILES string of the molecule is COc1cc(NC2=C(c3ccccc3)C(=O)N(c3ccccc3C)C2=O)cc(OC)c1. The molecule has 0 fully saturated rings. The molecule has 0 radical (unpaired) electrons. The summed E-state index contributed by atoms with van der Waals surface area (Å²) in [6.45, 7) is 1.87. The summed E-state index contributed by atoms with van der Waals surface area (Å²) in [5.74, 6) is 0.343. The zero-order chi connectivity index (χ0) is 22.0. The number of carbonyl (C=O) groups is 2. The van der Waals surface area contributed by atoms with E-state index in [0.717, 1.165) is 5.56 Å². The number of rotatable bonds is 6. The van der Waals surface area contributed by atoms with E-state index in [9.17, 15) is 9.59 Å². The summed E-state index contributed by atoms with van der Waals surface area (Å²) in [5.41, 5.74) is 3.15. The van der Waals surface area contributed by atoms with Crippen LogP contribution in [0.1, 0.15) is 11.1 Å². The van der Waals surface area contributed by atoms with Gasteiger partial charge in [-0.15, -0.1) is 0 Å². The van der Waals surface area contributed by atoms with Crippen LogP contribution in [0.25, 0.3) is 5.57 Å². The van der Waals surface area contributed by atoms with Gasteiger partial charge in [-0.1, -0.05) is 48.5 Å². The van der Waals surface area contributed by atoms with Gasteiger partial charge in [0.15, 0.2) is 0 Å². The number of hydrogen-bond acceptors (Lipinski definition) is 5. The number of amides is 2. The molecule has 31 heavy (non-hydrogen) atoms. The molecule has 3 aromatic carbocycles. The van der Waals surface area contributed by atoms with Crippen molar-refractivity contribution in [1.82, 2.24) is 0 Å². The number of anilines is 2. The highest BCUT2D eigenvalue weighted by Gasteiger charge is 2.40. The first kappa shape index (κ1) is 20.2. The molecule has 6 nitrogen and oxygen atoms in total. The second-order valence-electron chi connectivity index (χ2n) is 7.07. The molecule has 156 valence electrons. The number of imide groups is 1. The molecule has 0 bridgehead atoms. The third-order valence-electron chi connectivity index (χ3n) is 5.12. The van der Waals surface area contributed by atoms with E-state index in [1.807, 2.05) is 55.5 Å². The molecule has 1 aliphatic rings. The normalized spacial score (nSPS) is 13.6. The van der Waals surface area contributed by atoms with Crippen molar-refractivity contribution in [3.8, 4) is 11.5 Å². The molecular formula is C25H22N2O4. The fourth-order valence-corrected chi connectivity index (χ4v) is 3.58. The minimum absolute atomic E-state index is 0.203. The molecular weight excluding hydrogens is 392 g/mol. The Bertz CT molecular complexity index is 1160. The van der Waals surface area contributed by atoms with Crippen LogP contribution in [-0.4, -0.2) is 26.0 Å². The van der Waals surface area contributed by atoms with Gasteiger partial charge in [-0.2, -0.15) is 0 Å². The Labute approximate surface area is 180 Å². The van der Waals surface area contributed by atoms with Gasteiger partial charge in [0.25, 0.3) is 11.8 Å². The number of carbonyl (C=O) groups excluding carboxylic acids is 2. The maximum atomic E-state index is 13.5. The van der Waals surface area contributed by atoms with Gasteiger partial charge < -0.3 is 14.8 Å². The van der Waals surface area contributed by atoms with E-state index in [-0.39, 0.29) is 11.6 Å². The lowest BCUT2D eigenvalue weighted by Crippen LogP contribution is -2.33. The Kier molecular flexibility index (Phi) is 5.45. The molecule has 2 amide bonds. The first-order valence-corrected chi connectivity index (χ1v) is 9.77. The maximum Gasteiger partial charge on any atom is 0.282 e. The number of methoxy groups -OCH3 is 2. The summed E-state index contributed by atoms with van der Waals surface area (Å²) in [5, 5.41) is 3.15. The average Bonchev–Trinajstić information content (AvgIpc) is 3.03. The van der Waals surface area contributed by atoms with Gasteiger partial charge in [-0.05, 0) is 24.1 Å². The van der Waals surface area contributed by atoms with Crippen molar-refractivity contribution in [1.29, 1.82) is 0 Å². The first-order valence-electron chi connectivity index (χ1n) is 9.77. The first-order chi connectivity index (χ1) is 15.0. The van der Waals surface area contributed by atoms with E-state index < -0.39 is 5.91 Å². The molecule has 1 aliphatic heterocycles. The number of nitrogens with zero attached hydrogens (tertiary/aromatic N) is 1. The topological polar surface area (TPSA) is 67.9 Å². The minimum Gasteiger partial charge on any atom is -0.497 e. The van der Waals surface area contributed by atoms with Gasteiger partial charge in [0.05, 0.1) is 25.5 Å². The highest BCUT2D eigenvalue weighted by molar-refractivity contribution is 6.46. The monoisotopic (exact) mass is 414 g/mol. The lowest BCUT2D eigenvalue weighted by atomic mass is 10.0. The summed E-state index contributed by atoms with van der Waals surface area (Å²) in [4.78, 5) is 28.2. The van der Waals surface area contributed by atoms with Gasteiger partial charge >= 0.3 is 0 Å². The molecule has 0 unspecified atom stereocenters. The molecule has 6 heteroatoms. The molecule has 0 aromatic heterocycles. The van der Waals surface area contributed by atoms with Gasteiger partial charge in [0, 0.05) is 23.9 Å². The van der Waals surface area contributed by atoms with Gasteiger partial charge in [-0.3, -0.25) is 9.59 Å². The second kappa shape index (κ2) is 8.36. The lowest BCUT2D eigenvalue weighted by molar-refractivity contribution is -0.120. The Balaban J connectivity index is 1.84.